The second-order valence-corrected chi connectivity index (χ2v) is 3.83. The highest BCUT2D eigenvalue weighted by Gasteiger charge is 1.98. The van der Waals surface area contributed by atoms with Gasteiger partial charge in [0.25, 0.3) is 0 Å². The van der Waals surface area contributed by atoms with Crippen molar-refractivity contribution in [1.82, 2.24) is 0 Å². The third kappa shape index (κ3) is 1.83. The molecule has 70 valence electrons. The van der Waals surface area contributed by atoms with Crippen molar-refractivity contribution >= 4 is 17.6 Å². The van der Waals surface area contributed by atoms with Gasteiger partial charge in [-0.1, -0.05) is 24.3 Å². The van der Waals surface area contributed by atoms with Crippen LogP contribution in [0.4, 0.5) is 0 Å². The lowest BCUT2D eigenvalue weighted by atomic mass is 10.1. The van der Waals surface area contributed by atoms with Gasteiger partial charge in [-0.3, -0.25) is 0 Å². The fourth-order valence-corrected chi connectivity index (χ4v) is 2.03. The molecular weight excluding hydrogens is 192 g/mol. The molecule has 0 radical (unpaired) electrons. The first-order chi connectivity index (χ1) is 6.90. The molecule has 0 spiro atoms. The van der Waals surface area contributed by atoms with Crippen molar-refractivity contribution in [2.24, 2.45) is 10.9 Å². The van der Waals surface area contributed by atoms with E-state index in [9.17, 15) is 0 Å². The van der Waals surface area contributed by atoms with Gasteiger partial charge >= 0.3 is 0 Å². The van der Waals surface area contributed by atoms with Crippen LogP contribution in [0.2, 0.25) is 0 Å². The molecule has 2 aromatic rings. The zero-order chi connectivity index (χ0) is 9.80. The maximum Gasteiger partial charge on any atom is 0.0538 e. The first-order valence-corrected chi connectivity index (χ1v) is 5.15. The quantitative estimate of drug-likeness (QED) is 0.454. The molecule has 0 amide bonds. The molecule has 0 atom stereocenters. The molecule has 2 N–H and O–H groups in total. The summed E-state index contributed by atoms with van der Waals surface area (Å²) in [5.74, 6) is 5.10. The van der Waals surface area contributed by atoms with Crippen LogP contribution < -0.4 is 5.84 Å². The van der Waals surface area contributed by atoms with Crippen molar-refractivity contribution in [3.8, 4) is 10.4 Å². The maximum atomic E-state index is 5.10. The molecule has 3 heteroatoms. The molecule has 0 aliphatic carbocycles. The SMILES string of the molecule is NN=Cc1cccc(-c2cccs2)c1. The van der Waals surface area contributed by atoms with Crippen LogP contribution in [0.5, 0.6) is 0 Å². The summed E-state index contributed by atoms with van der Waals surface area (Å²) in [6.45, 7) is 0. The van der Waals surface area contributed by atoms with Crippen LogP contribution in [0, 0.1) is 0 Å². The third-order valence-electron chi connectivity index (χ3n) is 1.92. The molecule has 0 fully saturated rings. The number of nitrogens with zero attached hydrogens (tertiary/aromatic N) is 1. The molecule has 1 aromatic heterocycles. The predicted octanol–water partition coefficient (Wildman–Crippen LogP) is 2.71. The van der Waals surface area contributed by atoms with Crippen molar-refractivity contribution in [3.05, 3.63) is 47.3 Å². The van der Waals surface area contributed by atoms with E-state index in [1.165, 1.54) is 10.4 Å². The number of hydrogen-bond donors (Lipinski definition) is 1. The molecule has 1 heterocycles. The molecule has 14 heavy (non-hydrogen) atoms. The van der Waals surface area contributed by atoms with Gasteiger partial charge in [0, 0.05) is 4.88 Å². The summed E-state index contributed by atoms with van der Waals surface area (Å²) >= 11 is 1.73. The minimum Gasteiger partial charge on any atom is -0.323 e. The van der Waals surface area contributed by atoms with E-state index in [0.717, 1.165) is 5.56 Å². The summed E-state index contributed by atoms with van der Waals surface area (Å²) in [7, 11) is 0. The maximum absolute atomic E-state index is 5.10. The smallest absolute Gasteiger partial charge is 0.0538 e. The Labute approximate surface area is 86.7 Å². The highest BCUT2D eigenvalue weighted by molar-refractivity contribution is 7.13. The van der Waals surface area contributed by atoms with Gasteiger partial charge in [-0.15, -0.1) is 11.3 Å². The van der Waals surface area contributed by atoms with E-state index in [0.29, 0.717) is 0 Å². The second-order valence-electron chi connectivity index (χ2n) is 2.88. The van der Waals surface area contributed by atoms with Crippen LogP contribution in [0.3, 0.4) is 0 Å². The lowest BCUT2D eigenvalue weighted by molar-refractivity contribution is 1.26. The lowest BCUT2D eigenvalue weighted by Gasteiger charge is -1.98. The number of benzene rings is 1. The van der Waals surface area contributed by atoms with E-state index in [-0.39, 0.29) is 0 Å². The van der Waals surface area contributed by atoms with Gasteiger partial charge in [0.05, 0.1) is 6.21 Å². The Morgan fingerprint density at radius 3 is 2.86 bits per heavy atom. The zero-order valence-electron chi connectivity index (χ0n) is 7.55. The molecule has 0 saturated heterocycles. The first-order valence-electron chi connectivity index (χ1n) is 4.27. The minimum atomic E-state index is 1.03. The van der Waals surface area contributed by atoms with Crippen LogP contribution in [-0.4, -0.2) is 6.21 Å². The van der Waals surface area contributed by atoms with Gasteiger partial charge in [-0.2, -0.15) is 5.10 Å². The van der Waals surface area contributed by atoms with Crippen molar-refractivity contribution < 1.29 is 0 Å². The zero-order valence-corrected chi connectivity index (χ0v) is 8.37. The monoisotopic (exact) mass is 202 g/mol. The average molecular weight is 202 g/mol. The van der Waals surface area contributed by atoms with Crippen LogP contribution in [0.25, 0.3) is 10.4 Å². The van der Waals surface area contributed by atoms with Gasteiger partial charge in [-0.05, 0) is 28.6 Å². The van der Waals surface area contributed by atoms with E-state index in [4.69, 9.17) is 5.84 Å². The normalized spacial score (nSPS) is 10.9. The Morgan fingerprint density at radius 2 is 2.14 bits per heavy atom. The Balaban J connectivity index is 2.40. The van der Waals surface area contributed by atoms with Gasteiger partial charge in [-0.25, -0.2) is 0 Å². The van der Waals surface area contributed by atoms with E-state index in [2.05, 4.69) is 28.7 Å². The Bertz CT molecular complexity index is 432. The van der Waals surface area contributed by atoms with Crippen LogP contribution >= 0.6 is 11.3 Å². The number of rotatable bonds is 2. The topological polar surface area (TPSA) is 38.4 Å². The standard InChI is InChI=1S/C11H10N2S/c12-13-8-9-3-1-4-10(7-9)11-5-2-6-14-11/h1-8H,12H2. The molecule has 0 unspecified atom stereocenters. The predicted molar refractivity (Wildman–Crippen MR) is 61.5 cm³/mol. The highest BCUT2D eigenvalue weighted by atomic mass is 32.1. The molecule has 2 nitrogen and oxygen atoms in total. The van der Waals surface area contributed by atoms with E-state index < -0.39 is 0 Å². The molecule has 0 bridgehead atoms. The van der Waals surface area contributed by atoms with Gasteiger partial charge in [0.15, 0.2) is 0 Å². The van der Waals surface area contributed by atoms with E-state index >= 15 is 0 Å². The van der Waals surface area contributed by atoms with Crippen LogP contribution in [-0.2, 0) is 0 Å². The summed E-state index contributed by atoms with van der Waals surface area (Å²) in [6, 6.07) is 12.3. The number of nitrogens with two attached hydrogens (primary N) is 1. The highest BCUT2D eigenvalue weighted by Crippen LogP contribution is 2.24. The fourth-order valence-electron chi connectivity index (χ4n) is 1.30. The van der Waals surface area contributed by atoms with Crippen molar-refractivity contribution in [2.75, 3.05) is 0 Å². The first kappa shape index (κ1) is 8.97. The molecule has 0 aliphatic rings. The molecular formula is C11H10N2S. The Hall–Kier alpha value is -1.61. The van der Waals surface area contributed by atoms with E-state index in [1.807, 2.05) is 18.2 Å². The number of hydrogen-bond acceptors (Lipinski definition) is 3. The van der Waals surface area contributed by atoms with E-state index in [1.54, 1.807) is 17.6 Å². The van der Waals surface area contributed by atoms with Gasteiger partial charge in [0.2, 0.25) is 0 Å². The summed E-state index contributed by atoms with van der Waals surface area (Å²) in [4.78, 5) is 1.26. The van der Waals surface area contributed by atoms with Crippen molar-refractivity contribution in [1.29, 1.82) is 0 Å². The molecule has 1 aromatic carbocycles. The van der Waals surface area contributed by atoms with Crippen LogP contribution in [0.15, 0.2) is 46.9 Å². The second kappa shape index (κ2) is 4.07. The third-order valence-corrected chi connectivity index (χ3v) is 2.83. The van der Waals surface area contributed by atoms with Gasteiger partial charge in [0.1, 0.15) is 0 Å². The van der Waals surface area contributed by atoms with Crippen molar-refractivity contribution in [3.63, 3.8) is 0 Å². The Morgan fingerprint density at radius 1 is 1.21 bits per heavy atom. The van der Waals surface area contributed by atoms with Crippen LogP contribution in [0.1, 0.15) is 5.56 Å². The summed E-state index contributed by atoms with van der Waals surface area (Å²) < 4.78 is 0. The van der Waals surface area contributed by atoms with Gasteiger partial charge < -0.3 is 5.84 Å². The number of thiophene rings is 1. The summed E-state index contributed by atoms with van der Waals surface area (Å²) in [5, 5.41) is 5.58. The van der Waals surface area contributed by atoms with Crippen molar-refractivity contribution in [2.45, 2.75) is 0 Å². The lowest BCUT2D eigenvalue weighted by Crippen LogP contribution is -1.86. The molecule has 0 aliphatic heterocycles. The Kier molecular flexibility index (Phi) is 2.60. The summed E-state index contributed by atoms with van der Waals surface area (Å²) in [6.07, 6.45) is 1.65. The number of hydrazone groups is 1. The summed E-state index contributed by atoms with van der Waals surface area (Å²) in [5.41, 5.74) is 2.23. The fraction of sp³-hybridized carbons (Fsp3) is 0. The molecule has 0 saturated carbocycles. The average Bonchev–Trinajstić information content (AvgIpc) is 2.71. The largest absolute Gasteiger partial charge is 0.323 e. The minimum absolute atomic E-state index is 1.03. The molecule has 2 rings (SSSR count).